The van der Waals surface area contributed by atoms with Gasteiger partial charge in [-0.2, -0.15) is 0 Å². The average molecular weight is 219 g/mol. The Morgan fingerprint density at radius 2 is 1.88 bits per heavy atom. The summed E-state index contributed by atoms with van der Waals surface area (Å²) in [4.78, 5) is 0. The van der Waals surface area contributed by atoms with Crippen molar-refractivity contribution >= 4 is 0 Å². The van der Waals surface area contributed by atoms with Gasteiger partial charge in [0.2, 0.25) is 0 Å². The molecular formula is C14H21NO. The monoisotopic (exact) mass is 219 g/mol. The molecule has 2 heteroatoms. The summed E-state index contributed by atoms with van der Waals surface area (Å²) in [5.41, 5.74) is 7.70. The highest BCUT2D eigenvalue weighted by Crippen LogP contribution is 2.52. The first-order valence-corrected chi connectivity index (χ1v) is 5.94. The second-order valence-electron chi connectivity index (χ2n) is 5.41. The normalized spacial score (nSPS) is 28.0. The third-order valence-electron chi connectivity index (χ3n) is 4.17. The minimum absolute atomic E-state index is 0.141. The molecule has 1 aromatic rings. The number of benzene rings is 1. The van der Waals surface area contributed by atoms with E-state index in [1.165, 1.54) is 12.8 Å². The largest absolute Gasteiger partial charge is 0.496 e. The molecule has 1 fully saturated rings. The first-order chi connectivity index (χ1) is 7.51. The number of nitrogens with two attached hydrogens (primary N) is 1. The molecule has 88 valence electrons. The fourth-order valence-electron chi connectivity index (χ4n) is 2.88. The van der Waals surface area contributed by atoms with Gasteiger partial charge in [0.1, 0.15) is 5.75 Å². The number of para-hydroxylation sites is 1. The van der Waals surface area contributed by atoms with Crippen LogP contribution < -0.4 is 10.5 Å². The molecule has 0 radical (unpaired) electrons. The molecule has 1 saturated carbocycles. The lowest BCUT2D eigenvalue weighted by molar-refractivity contribution is 0.204. The summed E-state index contributed by atoms with van der Waals surface area (Å²) in [6.07, 6.45) is 3.42. The molecular weight excluding hydrogens is 198 g/mol. The van der Waals surface area contributed by atoms with Gasteiger partial charge in [-0.1, -0.05) is 38.5 Å². The molecule has 16 heavy (non-hydrogen) atoms. The van der Waals surface area contributed by atoms with Gasteiger partial charge in [-0.15, -0.1) is 0 Å². The van der Waals surface area contributed by atoms with E-state index in [0.717, 1.165) is 17.7 Å². The van der Waals surface area contributed by atoms with Crippen LogP contribution in [-0.4, -0.2) is 7.11 Å². The Morgan fingerprint density at radius 1 is 1.19 bits per heavy atom. The van der Waals surface area contributed by atoms with Crippen LogP contribution in [-0.2, 0) is 5.54 Å². The molecule has 0 aliphatic heterocycles. The van der Waals surface area contributed by atoms with Gasteiger partial charge < -0.3 is 10.5 Å². The van der Waals surface area contributed by atoms with Gasteiger partial charge in [0.05, 0.1) is 7.11 Å². The Kier molecular flexibility index (Phi) is 2.70. The maximum Gasteiger partial charge on any atom is 0.123 e. The van der Waals surface area contributed by atoms with E-state index >= 15 is 0 Å². The highest BCUT2D eigenvalue weighted by Gasteiger charge is 2.48. The van der Waals surface area contributed by atoms with Gasteiger partial charge in [0.15, 0.2) is 0 Å². The van der Waals surface area contributed by atoms with Gasteiger partial charge in [-0.05, 0) is 24.3 Å². The zero-order valence-electron chi connectivity index (χ0n) is 10.4. The van der Waals surface area contributed by atoms with Crippen molar-refractivity contribution in [3.05, 3.63) is 29.8 Å². The van der Waals surface area contributed by atoms with E-state index in [0.29, 0.717) is 0 Å². The maximum atomic E-state index is 6.65. The average Bonchev–Trinajstić information content (AvgIpc) is 2.54. The predicted octanol–water partition coefficient (Wildman–Crippen LogP) is 3.06. The standard InChI is InChI=1S/C14H21NO/c1-13(2)9-6-10-14(13,15)11-7-4-5-8-12(11)16-3/h4-5,7-8H,6,9-10,15H2,1-3H3. The Morgan fingerprint density at radius 3 is 2.44 bits per heavy atom. The molecule has 0 amide bonds. The van der Waals surface area contributed by atoms with E-state index in [1.807, 2.05) is 18.2 Å². The van der Waals surface area contributed by atoms with Gasteiger partial charge in [-0.25, -0.2) is 0 Å². The van der Waals surface area contributed by atoms with E-state index < -0.39 is 0 Å². The molecule has 1 atom stereocenters. The zero-order valence-corrected chi connectivity index (χ0v) is 10.4. The maximum absolute atomic E-state index is 6.65. The van der Waals surface area contributed by atoms with E-state index in [-0.39, 0.29) is 11.0 Å². The third-order valence-corrected chi connectivity index (χ3v) is 4.17. The van der Waals surface area contributed by atoms with Gasteiger partial charge in [0, 0.05) is 11.1 Å². The van der Waals surface area contributed by atoms with E-state index in [4.69, 9.17) is 10.5 Å². The van der Waals surface area contributed by atoms with Crippen molar-refractivity contribution < 1.29 is 4.74 Å². The highest BCUT2D eigenvalue weighted by atomic mass is 16.5. The molecule has 1 aliphatic rings. The van der Waals surface area contributed by atoms with Gasteiger partial charge in [-0.3, -0.25) is 0 Å². The SMILES string of the molecule is COc1ccccc1C1(N)CCCC1(C)C. The second kappa shape index (κ2) is 3.77. The zero-order chi connectivity index (χ0) is 11.8. The third kappa shape index (κ3) is 1.52. The van der Waals surface area contributed by atoms with Crippen molar-refractivity contribution in [1.29, 1.82) is 0 Å². The summed E-state index contributed by atoms with van der Waals surface area (Å²) < 4.78 is 5.44. The van der Waals surface area contributed by atoms with Gasteiger partial charge in [0.25, 0.3) is 0 Å². The molecule has 0 saturated heterocycles. The minimum atomic E-state index is -0.250. The summed E-state index contributed by atoms with van der Waals surface area (Å²) in [5.74, 6) is 0.917. The first-order valence-electron chi connectivity index (χ1n) is 5.94. The van der Waals surface area contributed by atoms with Crippen LogP contribution in [0.3, 0.4) is 0 Å². The molecule has 2 nitrogen and oxygen atoms in total. The van der Waals surface area contributed by atoms with Crippen LogP contribution in [0.1, 0.15) is 38.7 Å². The van der Waals surface area contributed by atoms with E-state index in [9.17, 15) is 0 Å². The number of ether oxygens (including phenoxy) is 1. The fraction of sp³-hybridized carbons (Fsp3) is 0.571. The van der Waals surface area contributed by atoms with E-state index in [2.05, 4.69) is 19.9 Å². The molecule has 2 rings (SSSR count). The summed E-state index contributed by atoms with van der Waals surface area (Å²) in [5, 5.41) is 0. The topological polar surface area (TPSA) is 35.2 Å². The van der Waals surface area contributed by atoms with Crippen LogP contribution in [0.2, 0.25) is 0 Å². The van der Waals surface area contributed by atoms with Crippen molar-refractivity contribution in [3.8, 4) is 5.75 Å². The lowest BCUT2D eigenvalue weighted by Gasteiger charge is -2.39. The molecule has 0 heterocycles. The smallest absolute Gasteiger partial charge is 0.123 e. The van der Waals surface area contributed by atoms with Crippen LogP contribution in [0, 0.1) is 5.41 Å². The Bertz CT molecular complexity index is 386. The highest BCUT2D eigenvalue weighted by molar-refractivity contribution is 5.41. The Hall–Kier alpha value is -1.02. The van der Waals surface area contributed by atoms with Crippen LogP contribution in [0.4, 0.5) is 0 Å². The summed E-state index contributed by atoms with van der Waals surface area (Å²) in [6.45, 7) is 4.51. The molecule has 2 N–H and O–H groups in total. The Labute approximate surface area is 97.8 Å². The van der Waals surface area contributed by atoms with Crippen LogP contribution in [0.25, 0.3) is 0 Å². The second-order valence-corrected chi connectivity index (χ2v) is 5.41. The molecule has 1 aliphatic carbocycles. The van der Waals surface area contributed by atoms with Crippen molar-refractivity contribution in [2.45, 2.75) is 38.6 Å². The Balaban J connectivity index is 2.50. The molecule has 1 unspecified atom stereocenters. The number of methoxy groups -OCH3 is 1. The van der Waals surface area contributed by atoms with E-state index in [1.54, 1.807) is 7.11 Å². The van der Waals surface area contributed by atoms with Crippen LogP contribution in [0.5, 0.6) is 5.75 Å². The summed E-state index contributed by atoms with van der Waals surface area (Å²) in [6, 6.07) is 8.14. The minimum Gasteiger partial charge on any atom is -0.496 e. The van der Waals surface area contributed by atoms with Crippen molar-refractivity contribution in [3.63, 3.8) is 0 Å². The molecule has 1 aromatic carbocycles. The predicted molar refractivity (Wildman–Crippen MR) is 66.5 cm³/mol. The molecule has 0 aromatic heterocycles. The van der Waals surface area contributed by atoms with Crippen molar-refractivity contribution in [1.82, 2.24) is 0 Å². The van der Waals surface area contributed by atoms with Crippen molar-refractivity contribution in [2.75, 3.05) is 7.11 Å². The molecule has 0 spiro atoms. The fourth-order valence-corrected chi connectivity index (χ4v) is 2.88. The molecule has 0 bridgehead atoms. The first kappa shape index (κ1) is 11.5. The lowest BCUT2D eigenvalue weighted by atomic mass is 9.71. The summed E-state index contributed by atoms with van der Waals surface area (Å²) >= 11 is 0. The van der Waals surface area contributed by atoms with Crippen molar-refractivity contribution in [2.24, 2.45) is 11.1 Å². The van der Waals surface area contributed by atoms with Crippen LogP contribution in [0.15, 0.2) is 24.3 Å². The summed E-state index contributed by atoms with van der Waals surface area (Å²) in [7, 11) is 1.71. The number of rotatable bonds is 2. The number of hydrogen-bond acceptors (Lipinski definition) is 2. The van der Waals surface area contributed by atoms with Crippen LogP contribution >= 0.6 is 0 Å². The van der Waals surface area contributed by atoms with Gasteiger partial charge >= 0.3 is 0 Å². The lowest BCUT2D eigenvalue weighted by Crippen LogP contribution is -2.45. The number of hydrogen-bond donors (Lipinski definition) is 1. The quantitative estimate of drug-likeness (QED) is 0.829.